The molecule has 2 atom stereocenters. The van der Waals surface area contributed by atoms with Crippen LogP contribution in [-0.2, 0) is 4.79 Å². The van der Waals surface area contributed by atoms with Gasteiger partial charge in [0.05, 0.1) is 22.7 Å². The molecule has 0 bridgehead atoms. The molecule has 1 amide bonds. The summed E-state index contributed by atoms with van der Waals surface area (Å²) in [6.45, 7) is 3.40. The summed E-state index contributed by atoms with van der Waals surface area (Å²) in [5.74, 6) is -0.355. The third-order valence-electron chi connectivity index (χ3n) is 5.31. The van der Waals surface area contributed by atoms with Gasteiger partial charge >= 0.3 is 0 Å². The summed E-state index contributed by atoms with van der Waals surface area (Å²) in [6, 6.07) is 14.0. The average molecular weight is 389 g/mol. The zero-order valence-corrected chi connectivity index (χ0v) is 15.6. The van der Waals surface area contributed by atoms with Crippen molar-refractivity contribution in [3.63, 3.8) is 0 Å². The molecule has 2 aliphatic rings. The maximum atomic E-state index is 13.2. The number of benzene rings is 2. The Morgan fingerprint density at radius 1 is 1.04 bits per heavy atom. The van der Waals surface area contributed by atoms with E-state index in [0.29, 0.717) is 19.6 Å². The minimum atomic E-state index is -0.275. The van der Waals surface area contributed by atoms with Gasteiger partial charge in [0.25, 0.3) is 0 Å². The lowest BCUT2D eigenvalue weighted by Gasteiger charge is -2.38. The van der Waals surface area contributed by atoms with E-state index in [0.717, 1.165) is 29.4 Å². The van der Waals surface area contributed by atoms with Crippen LogP contribution in [0.1, 0.15) is 11.6 Å². The van der Waals surface area contributed by atoms with Crippen molar-refractivity contribution >= 4 is 23.2 Å². The van der Waals surface area contributed by atoms with E-state index in [4.69, 9.17) is 11.6 Å². The van der Waals surface area contributed by atoms with Gasteiger partial charge in [0.2, 0.25) is 5.91 Å². The van der Waals surface area contributed by atoms with Crippen molar-refractivity contribution < 1.29 is 9.18 Å². The molecule has 4 rings (SSSR count). The van der Waals surface area contributed by atoms with Crippen LogP contribution in [0.25, 0.3) is 0 Å². The zero-order valence-electron chi connectivity index (χ0n) is 14.9. The molecule has 0 aromatic heterocycles. The van der Waals surface area contributed by atoms with E-state index in [2.05, 4.69) is 15.8 Å². The lowest BCUT2D eigenvalue weighted by Crippen LogP contribution is -2.51. The molecule has 2 unspecified atom stereocenters. The van der Waals surface area contributed by atoms with Gasteiger partial charge in [0.1, 0.15) is 5.82 Å². The number of halogens is 2. The first kappa shape index (κ1) is 18.2. The fraction of sp³-hybridized carbons (Fsp3) is 0.350. The quantitative estimate of drug-likeness (QED) is 0.848. The molecular formula is C20H22ClFN4O. The summed E-state index contributed by atoms with van der Waals surface area (Å²) in [4.78, 5) is 17.2. The van der Waals surface area contributed by atoms with Crippen molar-refractivity contribution in [2.45, 2.75) is 6.04 Å². The number of carbonyl (C=O) groups is 1. The Balaban J connectivity index is 1.41. The SMILES string of the molecule is O=C(C1CNNC1c1ccc(F)cc1)N1CCN(c2ccccc2Cl)CC1. The van der Waals surface area contributed by atoms with Crippen LogP contribution in [0.15, 0.2) is 48.5 Å². The van der Waals surface area contributed by atoms with Gasteiger partial charge in [-0.1, -0.05) is 35.9 Å². The van der Waals surface area contributed by atoms with E-state index in [9.17, 15) is 9.18 Å². The van der Waals surface area contributed by atoms with Gasteiger partial charge in [0, 0.05) is 32.7 Å². The highest BCUT2D eigenvalue weighted by Gasteiger charge is 2.37. The topological polar surface area (TPSA) is 47.6 Å². The second-order valence-electron chi connectivity index (χ2n) is 6.92. The first-order valence-electron chi connectivity index (χ1n) is 9.15. The molecule has 27 heavy (non-hydrogen) atoms. The molecule has 0 saturated carbocycles. The molecule has 2 N–H and O–H groups in total. The van der Waals surface area contributed by atoms with Crippen LogP contribution < -0.4 is 15.8 Å². The Bertz CT molecular complexity index is 808. The predicted molar refractivity (Wildman–Crippen MR) is 104 cm³/mol. The summed E-state index contributed by atoms with van der Waals surface area (Å²) in [6.07, 6.45) is 0. The van der Waals surface area contributed by atoms with Gasteiger partial charge in [0.15, 0.2) is 0 Å². The summed E-state index contributed by atoms with van der Waals surface area (Å²) >= 11 is 6.29. The number of nitrogens with zero attached hydrogens (tertiary/aromatic N) is 2. The molecule has 2 aromatic rings. The fourth-order valence-corrected chi connectivity index (χ4v) is 4.08. The van der Waals surface area contributed by atoms with E-state index in [1.807, 2.05) is 29.2 Å². The van der Waals surface area contributed by atoms with Gasteiger partial charge in [-0.2, -0.15) is 0 Å². The number of hydrazine groups is 1. The number of para-hydroxylation sites is 1. The maximum absolute atomic E-state index is 13.2. The molecule has 0 radical (unpaired) electrons. The maximum Gasteiger partial charge on any atom is 0.229 e. The highest BCUT2D eigenvalue weighted by molar-refractivity contribution is 6.33. The molecule has 2 aliphatic heterocycles. The normalized spacial score (nSPS) is 22.9. The van der Waals surface area contributed by atoms with E-state index >= 15 is 0 Å². The molecule has 2 heterocycles. The van der Waals surface area contributed by atoms with Crippen LogP contribution in [-0.4, -0.2) is 43.5 Å². The van der Waals surface area contributed by atoms with Crippen LogP contribution in [0.2, 0.25) is 5.02 Å². The second-order valence-corrected chi connectivity index (χ2v) is 7.33. The fourth-order valence-electron chi connectivity index (χ4n) is 3.82. The third kappa shape index (κ3) is 3.78. The second kappa shape index (κ2) is 7.84. The number of carbonyl (C=O) groups excluding carboxylic acids is 1. The predicted octanol–water partition coefficient (Wildman–Crippen LogP) is 2.59. The van der Waals surface area contributed by atoms with E-state index in [1.165, 1.54) is 12.1 Å². The third-order valence-corrected chi connectivity index (χ3v) is 5.63. The van der Waals surface area contributed by atoms with Crippen LogP contribution in [0.3, 0.4) is 0 Å². The van der Waals surface area contributed by atoms with Crippen LogP contribution in [0, 0.1) is 11.7 Å². The Morgan fingerprint density at radius 3 is 2.44 bits per heavy atom. The first-order valence-corrected chi connectivity index (χ1v) is 9.53. The van der Waals surface area contributed by atoms with Crippen LogP contribution >= 0.6 is 11.6 Å². The highest BCUT2D eigenvalue weighted by Crippen LogP contribution is 2.29. The number of hydrogen-bond donors (Lipinski definition) is 2. The van der Waals surface area contributed by atoms with E-state index < -0.39 is 0 Å². The largest absolute Gasteiger partial charge is 0.367 e. The molecule has 7 heteroatoms. The standard InChI is InChI=1S/C20H22ClFN4O/c21-17-3-1-2-4-18(17)25-9-11-26(12-10-25)20(27)16-13-23-24-19(16)14-5-7-15(22)8-6-14/h1-8,16,19,23-24H,9-13H2. The van der Waals surface area contributed by atoms with E-state index in [-0.39, 0.29) is 23.7 Å². The van der Waals surface area contributed by atoms with Crippen molar-refractivity contribution in [1.82, 2.24) is 15.8 Å². The summed E-state index contributed by atoms with van der Waals surface area (Å²) in [5.41, 5.74) is 8.16. The van der Waals surface area contributed by atoms with Gasteiger partial charge in [-0.05, 0) is 29.8 Å². The lowest BCUT2D eigenvalue weighted by molar-refractivity contribution is -0.135. The van der Waals surface area contributed by atoms with Crippen molar-refractivity contribution in [2.75, 3.05) is 37.6 Å². The molecule has 0 spiro atoms. The molecule has 2 fully saturated rings. The number of piperazine rings is 1. The minimum Gasteiger partial charge on any atom is -0.367 e. The molecule has 2 saturated heterocycles. The van der Waals surface area contributed by atoms with Crippen molar-refractivity contribution in [3.05, 3.63) is 64.9 Å². The van der Waals surface area contributed by atoms with Gasteiger partial charge in [-0.15, -0.1) is 0 Å². The molecule has 142 valence electrons. The molecular weight excluding hydrogens is 367 g/mol. The first-order chi connectivity index (χ1) is 13.1. The number of nitrogens with one attached hydrogen (secondary N) is 2. The smallest absolute Gasteiger partial charge is 0.229 e. The monoisotopic (exact) mass is 388 g/mol. The average Bonchev–Trinajstić information content (AvgIpc) is 3.18. The number of hydrogen-bond acceptors (Lipinski definition) is 4. The molecule has 2 aromatic carbocycles. The van der Waals surface area contributed by atoms with Crippen molar-refractivity contribution in [1.29, 1.82) is 0 Å². The van der Waals surface area contributed by atoms with Gasteiger partial charge < -0.3 is 9.80 Å². The van der Waals surface area contributed by atoms with Crippen molar-refractivity contribution in [3.8, 4) is 0 Å². The Morgan fingerprint density at radius 2 is 1.74 bits per heavy atom. The molecule has 5 nitrogen and oxygen atoms in total. The van der Waals surface area contributed by atoms with Gasteiger partial charge in [-0.3, -0.25) is 10.2 Å². The number of amides is 1. The van der Waals surface area contributed by atoms with E-state index in [1.54, 1.807) is 12.1 Å². The zero-order chi connectivity index (χ0) is 18.8. The Hall–Kier alpha value is -2.15. The Labute approximate surface area is 163 Å². The number of rotatable bonds is 3. The summed E-state index contributed by atoms with van der Waals surface area (Å²) < 4.78 is 13.2. The van der Waals surface area contributed by atoms with Crippen LogP contribution in [0.5, 0.6) is 0 Å². The summed E-state index contributed by atoms with van der Waals surface area (Å²) in [7, 11) is 0. The lowest BCUT2D eigenvalue weighted by atomic mass is 9.93. The van der Waals surface area contributed by atoms with Crippen molar-refractivity contribution in [2.24, 2.45) is 5.92 Å². The van der Waals surface area contributed by atoms with Crippen LogP contribution in [0.4, 0.5) is 10.1 Å². The Kier molecular flexibility index (Phi) is 5.29. The highest BCUT2D eigenvalue weighted by atomic mass is 35.5. The minimum absolute atomic E-state index is 0.126. The number of anilines is 1. The molecule has 0 aliphatic carbocycles. The van der Waals surface area contributed by atoms with Gasteiger partial charge in [-0.25, -0.2) is 9.82 Å². The summed E-state index contributed by atoms with van der Waals surface area (Å²) in [5, 5.41) is 0.734.